The number of halogens is 2. The highest BCUT2D eigenvalue weighted by Gasteiger charge is 2.16. The van der Waals surface area contributed by atoms with Crippen molar-refractivity contribution >= 4 is 37.6 Å². The molecule has 0 fully saturated rings. The van der Waals surface area contributed by atoms with E-state index in [9.17, 15) is 13.6 Å². The lowest BCUT2D eigenvalue weighted by Gasteiger charge is -2.07. The first-order valence-corrected chi connectivity index (χ1v) is 8.28. The molecule has 0 unspecified atom stereocenters. The summed E-state index contributed by atoms with van der Waals surface area (Å²) in [5.74, 6) is 0.612. The van der Waals surface area contributed by atoms with Crippen molar-refractivity contribution in [2.24, 2.45) is 0 Å². The van der Waals surface area contributed by atoms with Crippen LogP contribution in [0.15, 0.2) is 41.7 Å². The van der Waals surface area contributed by atoms with Crippen molar-refractivity contribution < 1.29 is 13.5 Å². The second kappa shape index (κ2) is 6.30. The van der Waals surface area contributed by atoms with E-state index in [1.54, 1.807) is 7.05 Å². The Balaban J connectivity index is 1.86. The second-order valence-electron chi connectivity index (χ2n) is 5.22. The maximum atomic E-state index is 12.9. The second-order valence-corrected chi connectivity index (χ2v) is 6.22. The van der Waals surface area contributed by atoms with Gasteiger partial charge >= 0.3 is 6.61 Å². The highest BCUT2D eigenvalue weighted by Crippen LogP contribution is 2.32. The first kappa shape index (κ1) is 16.3. The molecular weight excluding hydrogens is 364 g/mol. The Hall–Kier alpha value is -3.14. The molecule has 0 amide bonds. The first-order chi connectivity index (χ1) is 12.6. The predicted octanol–water partition coefficient (Wildman–Crippen LogP) is 3.03. The van der Waals surface area contributed by atoms with Crippen LogP contribution in [0.1, 0.15) is 0 Å². The van der Waals surface area contributed by atoms with Crippen LogP contribution in [-0.4, -0.2) is 33.2 Å². The Morgan fingerprint density at radius 3 is 2.65 bits per heavy atom. The molecule has 4 rings (SSSR count). The number of anilines is 1. The largest absolute Gasteiger partial charge is 0.435 e. The zero-order valence-corrected chi connectivity index (χ0v) is 14.1. The number of aromatic nitrogens is 4. The van der Waals surface area contributed by atoms with Crippen LogP contribution in [-0.2, 0) is 0 Å². The molecular formula is C16H11F2N5O2S. The third-order valence-electron chi connectivity index (χ3n) is 3.76. The standard InChI is InChI=1S/C16H11F2N5O2S/c1-19-13-10-11-12(26-14(10)21-6-20-13)15(24)23(7-22-11)8-2-4-9(5-3-8)25-16(17)18/h2-7,16H,1H3,(H,19,20,21). The third kappa shape index (κ3) is 2.64. The summed E-state index contributed by atoms with van der Waals surface area (Å²) in [5.41, 5.74) is 0.736. The number of nitrogens with one attached hydrogen (secondary N) is 1. The van der Waals surface area contributed by atoms with Crippen LogP contribution >= 0.6 is 11.3 Å². The molecule has 26 heavy (non-hydrogen) atoms. The zero-order chi connectivity index (χ0) is 18.3. The lowest BCUT2D eigenvalue weighted by atomic mass is 10.3. The van der Waals surface area contributed by atoms with Gasteiger partial charge in [0.1, 0.15) is 39.3 Å². The fourth-order valence-corrected chi connectivity index (χ4v) is 3.65. The van der Waals surface area contributed by atoms with Gasteiger partial charge in [-0.3, -0.25) is 9.36 Å². The highest BCUT2D eigenvalue weighted by molar-refractivity contribution is 7.25. The quantitative estimate of drug-likeness (QED) is 0.590. The molecule has 1 N–H and O–H groups in total. The maximum absolute atomic E-state index is 12.9. The summed E-state index contributed by atoms with van der Waals surface area (Å²) >= 11 is 1.23. The number of thiophene rings is 1. The number of fused-ring (bicyclic) bond motifs is 3. The molecule has 3 heterocycles. The smallest absolute Gasteiger partial charge is 0.387 e. The van der Waals surface area contributed by atoms with Crippen LogP contribution in [0.3, 0.4) is 0 Å². The van der Waals surface area contributed by atoms with E-state index in [0.29, 0.717) is 31.9 Å². The van der Waals surface area contributed by atoms with E-state index >= 15 is 0 Å². The van der Waals surface area contributed by atoms with Crippen LogP contribution in [0.4, 0.5) is 14.6 Å². The molecule has 0 aliphatic rings. The Morgan fingerprint density at radius 2 is 1.96 bits per heavy atom. The molecule has 3 aromatic heterocycles. The normalized spacial score (nSPS) is 11.4. The van der Waals surface area contributed by atoms with Crippen molar-refractivity contribution in [1.29, 1.82) is 0 Å². The van der Waals surface area contributed by atoms with Crippen molar-refractivity contribution in [3.8, 4) is 11.4 Å². The summed E-state index contributed by atoms with van der Waals surface area (Å²) in [6, 6.07) is 5.76. The Kier molecular flexibility index (Phi) is 3.96. The zero-order valence-electron chi connectivity index (χ0n) is 13.3. The molecule has 0 radical (unpaired) electrons. The van der Waals surface area contributed by atoms with Gasteiger partial charge in [-0.05, 0) is 24.3 Å². The van der Waals surface area contributed by atoms with E-state index in [2.05, 4.69) is 25.0 Å². The van der Waals surface area contributed by atoms with Crippen LogP contribution in [0.2, 0.25) is 0 Å². The Morgan fingerprint density at radius 1 is 1.19 bits per heavy atom. The monoisotopic (exact) mass is 375 g/mol. The number of nitrogens with zero attached hydrogens (tertiary/aromatic N) is 4. The maximum Gasteiger partial charge on any atom is 0.387 e. The van der Waals surface area contributed by atoms with Crippen molar-refractivity contribution in [1.82, 2.24) is 19.5 Å². The molecule has 132 valence electrons. The molecule has 0 atom stereocenters. The molecule has 0 aliphatic heterocycles. The van der Waals surface area contributed by atoms with Crippen molar-refractivity contribution in [2.75, 3.05) is 12.4 Å². The van der Waals surface area contributed by atoms with Gasteiger partial charge in [-0.25, -0.2) is 15.0 Å². The first-order valence-electron chi connectivity index (χ1n) is 7.46. The average molecular weight is 375 g/mol. The average Bonchev–Trinajstić information content (AvgIpc) is 3.02. The number of alkyl halides is 2. The molecule has 4 aromatic rings. The lowest BCUT2D eigenvalue weighted by Crippen LogP contribution is -2.17. The van der Waals surface area contributed by atoms with Crippen molar-refractivity contribution in [3.05, 3.63) is 47.3 Å². The Bertz CT molecular complexity index is 1160. The molecule has 0 saturated carbocycles. The van der Waals surface area contributed by atoms with Gasteiger partial charge in [-0.15, -0.1) is 11.3 Å². The fraction of sp³-hybridized carbons (Fsp3) is 0.125. The summed E-state index contributed by atoms with van der Waals surface area (Å²) in [5, 5.41) is 3.66. The van der Waals surface area contributed by atoms with Gasteiger partial charge in [0.25, 0.3) is 5.56 Å². The molecule has 7 nitrogen and oxygen atoms in total. The van der Waals surface area contributed by atoms with E-state index in [4.69, 9.17) is 0 Å². The summed E-state index contributed by atoms with van der Waals surface area (Å²) in [6.45, 7) is -2.90. The SMILES string of the molecule is CNc1ncnc2sc3c(=O)n(-c4ccc(OC(F)F)cc4)cnc3c12. The minimum atomic E-state index is -2.90. The third-order valence-corrected chi connectivity index (χ3v) is 4.83. The number of benzene rings is 1. The van der Waals surface area contributed by atoms with Gasteiger partial charge in [-0.2, -0.15) is 8.78 Å². The van der Waals surface area contributed by atoms with E-state index in [-0.39, 0.29) is 11.3 Å². The summed E-state index contributed by atoms with van der Waals surface area (Å²) in [7, 11) is 1.73. The molecule has 0 aliphatic carbocycles. The fourth-order valence-electron chi connectivity index (χ4n) is 2.63. The van der Waals surface area contributed by atoms with Crippen LogP contribution in [0, 0.1) is 0 Å². The number of rotatable bonds is 4. The molecule has 10 heteroatoms. The Labute approximate surface area is 148 Å². The van der Waals surface area contributed by atoms with Crippen molar-refractivity contribution in [3.63, 3.8) is 0 Å². The van der Waals surface area contributed by atoms with Gasteiger partial charge in [0.15, 0.2) is 0 Å². The van der Waals surface area contributed by atoms with Gasteiger partial charge in [0, 0.05) is 7.05 Å². The van der Waals surface area contributed by atoms with Gasteiger partial charge in [0.05, 0.1) is 11.1 Å². The van der Waals surface area contributed by atoms with Gasteiger partial charge < -0.3 is 10.1 Å². The van der Waals surface area contributed by atoms with E-state index in [0.717, 1.165) is 0 Å². The number of ether oxygens (including phenoxy) is 1. The van der Waals surface area contributed by atoms with Crippen molar-refractivity contribution in [2.45, 2.75) is 6.61 Å². The number of hydrogen-bond acceptors (Lipinski definition) is 7. The van der Waals surface area contributed by atoms with Crippen LogP contribution < -0.4 is 15.6 Å². The lowest BCUT2D eigenvalue weighted by molar-refractivity contribution is -0.0498. The minimum absolute atomic E-state index is 0.0154. The topological polar surface area (TPSA) is 81.9 Å². The highest BCUT2D eigenvalue weighted by atomic mass is 32.1. The number of hydrogen-bond donors (Lipinski definition) is 1. The molecule has 0 bridgehead atoms. The molecule has 1 aromatic carbocycles. The van der Waals surface area contributed by atoms with Crippen LogP contribution in [0.5, 0.6) is 5.75 Å². The van der Waals surface area contributed by atoms with Gasteiger partial charge in [-0.1, -0.05) is 0 Å². The van der Waals surface area contributed by atoms with Crippen LogP contribution in [0.25, 0.3) is 26.1 Å². The summed E-state index contributed by atoms with van der Waals surface area (Å²) < 4.78 is 30.6. The van der Waals surface area contributed by atoms with Gasteiger partial charge in [0.2, 0.25) is 0 Å². The molecule has 0 spiro atoms. The van der Waals surface area contributed by atoms with E-state index in [1.807, 2.05) is 0 Å². The molecule has 0 saturated heterocycles. The van der Waals surface area contributed by atoms with E-state index < -0.39 is 6.61 Å². The minimum Gasteiger partial charge on any atom is -0.435 e. The van der Waals surface area contributed by atoms with E-state index in [1.165, 1.54) is 52.8 Å². The predicted molar refractivity (Wildman–Crippen MR) is 94.5 cm³/mol. The summed E-state index contributed by atoms with van der Waals surface area (Å²) in [4.78, 5) is 26.3. The summed E-state index contributed by atoms with van der Waals surface area (Å²) in [6.07, 6.45) is 2.82.